The second-order valence-electron chi connectivity index (χ2n) is 11.4. The van der Waals surface area contributed by atoms with E-state index in [0.29, 0.717) is 39.5 Å². The average molecular weight is 601 g/mol. The number of imidazole rings is 1. The molecule has 3 aromatic rings. The SMILES string of the molecule is Cc1nc(N2CCC3(CC2)CO[C@@H](C)[C@H]3N)c(CO)nc1Sc1ccn2cc(C(=O)NC3CCNCC3)nc2c1Cl. The number of aryl methyl sites for hydroxylation is 1. The summed E-state index contributed by atoms with van der Waals surface area (Å²) in [5, 5.41) is 17.7. The number of carbonyl (C=O) groups excluding carboxylic acids is 1. The zero-order valence-electron chi connectivity index (χ0n) is 23.4. The lowest BCUT2D eigenvalue weighted by atomic mass is 9.73. The Morgan fingerprint density at radius 2 is 2.05 bits per heavy atom. The average Bonchev–Trinajstić information content (AvgIpc) is 3.54. The van der Waals surface area contributed by atoms with Crippen molar-refractivity contribution in [3.63, 3.8) is 0 Å². The number of carbonyl (C=O) groups is 1. The van der Waals surface area contributed by atoms with E-state index in [-0.39, 0.29) is 36.1 Å². The minimum absolute atomic E-state index is 0.00366. The van der Waals surface area contributed by atoms with Crippen LogP contribution in [0.4, 0.5) is 5.82 Å². The van der Waals surface area contributed by atoms with Crippen LogP contribution in [0.5, 0.6) is 0 Å². The maximum atomic E-state index is 12.8. The molecule has 1 amide bonds. The van der Waals surface area contributed by atoms with Crippen LogP contribution in [-0.2, 0) is 11.3 Å². The molecule has 1 spiro atoms. The Hall–Kier alpha value is -2.48. The first-order valence-electron chi connectivity index (χ1n) is 14.2. The minimum atomic E-state index is -0.222. The van der Waals surface area contributed by atoms with E-state index in [1.54, 1.807) is 10.6 Å². The lowest BCUT2D eigenvalue weighted by Crippen LogP contribution is -2.51. The first-order valence-corrected chi connectivity index (χ1v) is 15.4. The summed E-state index contributed by atoms with van der Waals surface area (Å²) in [5.41, 5.74) is 8.61. The fraction of sp³-hybridized carbons (Fsp3) is 0.571. The van der Waals surface area contributed by atoms with Crippen molar-refractivity contribution in [1.82, 2.24) is 30.0 Å². The van der Waals surface area contributed by atoms with Crippen LogP contribution in [0.15, 0.2) is 28.4 Å². The summed E-state index contributed by atoms with van der Waals surface area (Å²) in [6.45, 7) is 7.80. The number of rotatable bonds is 6. The van der Waals surface area contributed by atoms with Crippen molar-refractivity contribution < 1.29 is 14.6 Å². The topological polar surface area (TPSA) is 143 Å². The van der Waals surface area contributed by atoms with E-state index in [1.165, 1.54) is 11.8 Å². The number of hydrogen-bond acceptors (Lipinski definition) is 10. The van der Waals surface area contributed by atoms with Gasteiger partial charge in [0, 0.05) is 47.9 Å². The molecule has 41 heavy (non-hydrogen) atoms. The Morgan fingerprint density at radius 3 is 2.73 bits per heavy atom. The fourth-order valence-corrected chi connectivity index (χ4v) is 7.32. The maximum absolute atomic E-state index is 12.8. The van der Waals surface area contributed by atoms with Gasteiger partial charge in [0.05, 0.1) is 30.0 Å². The molecule has 3 aliphatic heterocycles. The lowest BCUT2D eigenvalue weighted by Gasteiger charge is -2.42. The monoisotopic (exact) mass is 600 g/mol. The molecule has 2 atom stereocenters. The Balaban J connectivity index is 1.19. The number of ether oxygens (including phenoxy) is 1. The lowest BCUT2D eigenvalue weighted by molar-refractivity contribution is 0.0925. The molecule has 0 aliphatic carbocycles. The maximum Gasteiger partial charge on any atom is 0.271 e. The highest BCUT2D eigenvalue weighted by Gasteiger charge is 2.47. The highest BCUT2D eigenvalue weighted by atomic mass is 35.5. The third-order valence-electron chi connectivity index (χ3n) is 8.78. The molecule has 6 heterocycles. The molecule has 0 radical (unpaired) electrons. The number of nitrogens with one attached hydrogen (secondary N) is 2. The van der Waals surface area contributed by atoms with Gasteiger partial charge in [-0.2, -0.15) is 0 Å². The molecule has 3 aromatic heterocycles. The Morgan fingerprint density at radius 1 is 1.29 bits per heavy atom. The van der Waals surface area contributed by atoms with Crippen molar-refractivity contribution in [3.8, 4) is 0 Å². The number of pyridine rings is 1. The molecule has 0 unspecified atom stereocenters. The van der Waals surface area contributed by atoms with Crippen LogP contribution in [0, 0.1) is 12.3 Å². The highest BCUT2D eigenvalue weighted by Crippen LogP contribution is 2.42. The quantitative estimate of drug-likeness (QED) is 0.333. The third-order valence-corrected chi connectivity index (χ3v) is 10.4. The number of fused-ring (bicyclic) bond motifs is 1. The van der Waals surface area contributed by atoms with Gasteiger partial charge in [-0.3, -0.25) is 4.79 Å². The zero-order valence-corrected chi connectivity index (χ0v) is 25.0. The molecular formula is C28H37ClN8O3S. The van der Waals surface area contributed by atoms with E-state index in [1.807, 2.05) is 26.1 Å². The van der Waals surface area contributed by atoms with Crippen LogP contribution in [0.2, 0.25) is 5.02 Å². The molecule has 13 heteroatoms. The molecule has 3 saturated heterocycles. The highest BCUT2D eigenvalue weighted by molar-refractivity contribution is 7.99. The number of hydrogen-bond donors (Lipinski definition) is 4. The van der Waals surface area contributed by atoms with Gasteiger partial charge in [-0.15, -0.1) is 0 Å². The summed E-state index contributed by atoms with van der Waals surface area (Å²) in [6.07, 6.45) is 7.24. The fourth-order valence-electron chi connectivity index (χ4n) is 6.14. The summed E-state index contributed by atoms with van der Waals surface area (Å²) in [6, 6.07) is 2.05. The summed E-state index contributed by atoms with van der Waals surface area (Å²) in [4.78, 5) is 30.0. The molecule has 11 nitrogen and oxygen atoms in total. The molecule has 5 N–H and O–H groups in total. The van der Waals surface area contributed by atoms with Crippen molar-refractivity contribution in [1.29, 1.82) is 0 Å². The van der Waals surface area contributed by atoms with Crippen molar-refractivity contribution >= 4 is 40.7 Å². The van der Waals surface area contributed by atoms with Crippen LogP contribution in [0.1, 0.15) is 54.5 Å². The van der Waals surface area contributed by atoms with Gasteiger partial charge in [-0.1, -0.05) is 23.4 Å². The third kappa shape index (κ3) is 5.53. The van der Waals surface area contributed by atoms with Crippen LogP contribution >= 0.6 is 23.4 Å². The van der Waals surface area contributed by atoms with E-state index in [0.717, 1.165) is 62.5 Å². The van der Waals surface area contributed by atoms with E-state index in [2.05, 4.69) is 20.5 Å². The smallest absolute Gasteiger partial charge is 0.271 e. The van der Waals surface area contributed by atoms with E-state index in [9.17, 15) is 9.90 Å². The number of aliphatic hydroxyl groups excluding tert-OH is 1. The van der Waals surface area contributed by atoms with Gasteiger partial charge in [-0.05, 0) is 58.7 Å². The van der Waals surface area contributed by atoms with Crippen molar-refractivity contribution in [3.05, 3.63) is 40.6 Å². The molecule has 220 valence electrons. The first kappa shape index (κ1) is 28.6. The largest absolute Gasteiger partial charge is 0.390 e. The summed E-state index contributed by atoms with van der Waals surface area (Å²) in [5.74, 6) is 0.514. The summed E-state index contributed by atoms with van der Waals surface area (Å²) in [7, 11) is 0. The molecule has 3 fully saturated rings. The molecule has 0 saturated carbocycles. The van der Waals surface area contributed by atoms with Crippen LogP contribution < -0.4 is 21.3 Å². The van der Waals surface area contributed by atoms with Crippen LogP contribution in [0.25, 0.3) is 5.65 Å². The van der Waals surface area contributed by atoms with Gasteiger partial charge >= 0.3 is 0 Å². The molecule has 0 aromatic carbocycles. The number of amides is 1. The normalized spacial score (nSPS) is 23.0. The number of piperidine rings is 2. The Labute approximate surface area is 248 Å². The molecule has 0 bridgehead atoms. The van der Waals surface area contributed by atoms with Crippen molar-refractivity contribution in [2.24, 2.45) is 11.1 Å². The van der Waals surface area contributed by atoms with Gasteiger partial charge in [0.2, 0.25) is 0 Å². The minimum Gasteiger partial charge on any atom is -0.390 e. The molecular weight excluding hydrogens is 564 g/mol. The second-order valence-corrected chi connectivity index (χ2v) is 12.8. The van der Waals surface area contributed by atoms with Gasteiger partial charge in [0.15, 0.2) is 11.5 Å². The van der Waals surface area contributed by atoms with Gasteiger partial charge in [-0.25, -0.2) is 15.0 Å². The molecule has 3 aliphatic rings. The number of nitrogens with zero attached hydrogens (tertiary/aromatic N) is 5. The van der Waals surface area contributed by atoms with E-state index in [4.69, 9.17) is 32.0 Å². The number of aliphatic hydroxyl groups is 1. The van der Waals surface area contributed by atoms with Crippen molar-refractivity contribution in [2.75, 3.05) is 37.7 Å². The van der Waals surface area contributed by atoms with Gasteiger partial charge < -0.3 is 35.5 Å². The van der Waals surface area contributed by atoms with Crippen LogP contribution in [-0.4, -0.2) is 81.3 Å². The first-order chi connectivity index (χ1) is 19.8. The second kappa shape index (κ2) is 11.7. The number of halogens is 1. The van der Waals surface area contributed by atoms with Crippen molar-refractivity contribution in [2.45, 2.75) is 74.2 Å². The predicted molar refractivity (Wildman–Crippen MR) is 158 cm³/mol. The molecule has 6 rings (SSSR count). The number of aromatic nitrogens is 4. The van der Waals surface area contributed by atoms with Gasteiger partial charge in [0.1, 0.15) is 16.4 Å². The Bertz CT molecular complexity index is 1440. The van der Waals surface area contributed by atoms with E-state index < -0.39 is 0 Å². The predicted octanol–water partition coefficient (Wildman–Crippen LogP) is 2.54. The van der Waals surface area contributed by atoms with E-state index >= 15 is 0 Å². The standard InChI is InChI=1S/C28H37ClN8O3S/c1-16-27(35-20(14-38)24(32-16)36-11-6-28(7-12-36)15-40-17(2)23(28)30)41-21-5-10-37-13-19(34-25(37)22(21)29)26(39)33-18-3-8-31-9-4-18/h5,10,13,17-18,23,31,38H,3-4,6-9,11-12,14-15,30H2,1-2H3,(H,33,39)/t17-,23+/m0/s1. The van der Waals surface area contributed by atoms with Crippen LogP contribution in [0.3, 0.4) is 0 Å². The summed E-state index contributed by atoms with van der Waals surface area (Å²) < 4.78 is 7.62. The Kier molecular flexibility index (Phi) is 8.14. The zero-order chi connectivity index (χ0) is 28.7. The number of nitrogens with two attached hydrogens (primary N) is 1. The van der Waals surface area contributed by atoms with Gasteiger partial charge in [0.25, 0.3) is 5.91 Å². The number of anilines is 1. The summed E-state index contributed by atoms with van der Waals surface area (Å²) >= 11 is 8.16.